The number of rotatable bonds is 3. The largest absolute Gasteiger partial charge is 0.241 e. The number of terminal acetylenes is 1. The van der Waals surface area contributed by atoms with Crippen molar-refractivity contribution in [2.75, 3.05) is 0 Å². The average molecular weight is 306 g/mol. The third-order valence-corrected chi connectivity index (χ3v) is 3.96. The van der Waals surface area contributed by atoms with E-state index in [4.69, 9.17) is 6.42 Å². The van der Waals surface area contributed by atoms with Gasteiger partial charge in [0.2, 0.25) is 10.0 Å². The molecule has 0 saturated heterocycles. The summed E-state index contributed by atoms with van der Waals surface area (Å²) in [4.78, 5) is -0.157. The Hall–Kier alpha value is -0.900. The van der Waals surface area contributed by atoms with Crippen LogP contribution in [0.3, 0.4) is 0 Å². The minimum atomic E-state index is -3.76. The highest BCUT2D eigenvalue weighted by Crippen LogP contribution is 2.19. The molecule has 0 fully saturated rings. The van der Waals surface area contributed by atoms with Crippen molar-refractivity contribution < 1.29 is 12.8 Å². The molecule has 0 heterocycles. The van der Waals surface area contributed by atoms with E-state index in [2.05, 4.69) is 26.6 Å². The summed E-state index contributed by atoms with van der Waals surface area (Å²) in [5.74, 6) is 1.58. The van der Waals surface area contributed by atoms with Crippen LogP contribution in [0.5, 0.6) is 0 Å². The first-order valence-corrected chi connectivity index (χ1v) is 6.58. The smallest absolute Gasteiger partial charge is 0.207 e. The van der Waals surface area contributed by atoms with Crippen LogP contribution in [0.25, 0.3) is 0 Å². The van der Waals surface area contributed by atoms with Crippen molar-refractivity contribution in [3.8, 4) is 12.3 Å². The molecule has 0 radical (unpaired) electrons. The van der Waals surface area contributed by atoms with E-state index < -0.39 is 21.9 Å². The number of benzene rings is 1. The van der Waals surface area contributed by atoms with E-state index in [0.717, 1.165) is 6.07 Å². The monoisotopic (exact) mass is 305 g/mol. The zero-order chi connectivity index (χ0) is 12.3. The van der Waals surface area contributed by atoms with Crippen molar-refractivity contribution in [2.45, 2.75) is 17.9 Å². The second kappa shape index (κ2) is 4.95. The standard InChI is InChI=1S/C10H9BrFNO2S/c1-3-7(2)13-16(14,15)8-4-5-9(11)10(12)6-8/h1,4-7,13H,2H3. The van der Waals surface area contributed by atoms with Crippen LogP contribution >= 0.6 is 15.9 Å². The molecule has 1 unspecified atom stereocenters. The highest BCUT2D eigenvalue weighted by molar-refractivity contribution is 9.10. The Labute approximate surface area is 102 Å². The Morgan fingerprint density at radius 2 is 2.19 bits per heavy atom. The second-order valence-corrected chi connectivity index (χ2v) is 5.65. The normalized spacial score (nSPS) is 13.1. The lowest BCUT2D eigenvalue weighted by atomic mass is 10.3. The Morgan fingerprint density at radius 3 is 2.69 bits per heavy atom. The fraction of sp³-hybridized carbons (Fsp3) is 0.200. The van der Waals surface area contributed by atoms with Crippen LogP contribution in [-0.2, 0) is 10.0 Å². The molecule has 0 saturated carbocycles. The third-order valence-electron chi connectivity index (χ3n) is 1.78. The summed E-state index contributed by atoms with van der Waals surface area (Å²) in [6.45, 7) is 1.52. The zero-order valence-electron chi connectivity index (χ0n) is 8.37. The average Bonchev–Trinajstić information content (AvgIpc) is 2.21. The summed E-state index contributed by atoms with van der Waals surface area (Å²) >= 11 is 2.94. The Balaban J connectivity index is 3.09. The summed E-state index contributed by atoms with van der Waals surface area (Å²) in [6, 6.07) is 2.90. The molecule has 0 aliphatic heterocycles. The Bertz CT molecular complexity index is 536. The summed E-state index contributed by atoms with van der Waals surface area (Å²) in [5, 5.41) is 0. The molecule has 1 atom stereocenters. The van der Waals surface area contributed by atoms with Gasteiger partial charge in [-0.2, -0.15) is 4.72 Å². The first-order chi connectivity index (χ1) is 7.36. The molecule has 0 spiro atoms. The van der Waals surface area contributed by atoms with Crippen LogP contribution < -0.4 is 4.72 Å². The quantitative estimate of drug-likeness (QED) is 0.867. The van der Waals surface area contributed by atoms with Crippen molar-refractivity contribution in [3.63, 3.8) is 0 Å². The minimum Gasteiger partial charge on any atom is -0.207 e. The molecule has 0 aromatic heterocycles. The maximum atomic E-state index is 13.1. The minimum absolute atomic E-state index is 0.157. The number of sulfonamides is 1. The Kier molecular flexibility index (Phi) is 4.08. The summed E-state index contributed by atoms with van der Waals surface area (Å²) < 4.78 is 38.9. The molecule has 1 rings (SSSR count). The van der Waals surface area contributed by atoms with Crippen LogP contribution in [0, 0.1) is 18.2 Å². The van der Waals surface area contributed by atoms with Gasteiger partial charge in [-0.1, -0.05) is 5.92 Å². The predicted molar refractivity (Wildman–Crippen MR) is 62.7 cm³/mol. The molecular formula is C10H9BrFNO2S. The van der Waals surface area contributed by atoms with Crippen LogP contribution in [0.1, 0.15) is 6.92 Å². The summed E-state index contributed by atoms with van der Waals surface area (Å²) in [7, 11) is -3.76. The van der Waals surface area contributed by atoms with Gasteiger partial charge in [0.1, 0.15) is 5.82 Å². The van der Waals surface area contributed by atoms with Gasteiger partial charge >= 0.3 is 0 Å². The van der Waals surface area contributed by atoms with E-state index in [9.17, 15) is 12.8 Å². The SMILES string of the molecule is C#CC(C)NS(=O)(=O)c1ccc(Br)c(F)c1. The molecule has 16 heavy (non-hydrogen) atoms. The van der Waals surface area contributed by atoms with Crippen molar-refractivity contribution >= 4 is 26.0 Å². The molecule has 0 bridgehead atoms. The molecule has 1 N–H and O–H groups in total. The highest BCUT2D eigenvalue weighted by Gasteiger charge is 2.17. The van der Waals surface area contributed by atoms with E-state index in [1.165, 1.54) is 19.1 Å². The van der Waals surface area contributed by atoms with E-state index in [1.807, 2.05) is 0 Å². The molecule has 0 aliphatic carbocycles. The van der Waals surface area contributed by atoms with E-state index >= 15 is 0 Å². The lowest BCUT2D eigenvalue weighted by Crippen LogP contribution is -2.31. The van der Waals surface area contributed by atoms with Crippen molar-refractivity contribution in [2.24, 2.45) is 0 Å². The van der Waals surface area contributed by atoms with E-state index in [1.54, 1.807) is 0 Å². The van der Waals surface area contributed by atoms with Gasteiger partial charge in [0, 0.05) is 0 Å². The Morgan fingerprint density at radius 1 is 1.56 bits per heavy atom. The lowest BCUT2D eigenvalue weighted by molar-refractivity contribution is 0.573. The van der Waals surface area contributed by atoms with Gasteiger partial charge in [0.05, 0.1) is 15.4 Å². The van der Waals surface area contributed by atoms with Gasteiger partial charge < -0.3 is 0 Å². The zero-order valence-corrected chi connectivity index (χ0v) is 10.8. The molecule has 1 aromatic carbocycles. The first kappa shape index (κ1) is 13.2. The summed E-state index contributed by atoms with van der Waals surface area (Å²) in [6.07, 6.45) is 5.05. The molecule has 0 amide bonds. The van der Waals surface area contributed by atoms with Crippen LogP contribution in [0.4, 0.5) is 4.39 Å². The first-order valence-electron chi connectivity index (χ1n) is 4.30. The maximum Gasteiger partial charge on any atom is 0.241 e. The van der Waals surface area contributed by atoms with Crippen molar-refractivity contribution in [1.82, 2.24) is 4.72 Å². The highest BCUT2D eigenvalue weighted by atomic mass is 79.9. The molecule has 0 aliphatic rings. The maximum absolute atomic E-state index is 13.1. The number of hydrogen-bond donors (Lipinski definition) is 1. The molecule has 1 aromatic rings. The number of halogens is 2. The molecule has 6 heteroatoms. The van der Waals surface area contributed by atoms with Crippen LogP contribution in [0.15, 0.2) is 27.6 Å². The van der Waals surface area contributed by atoms with Crippen LogP contribution in [0.2, 0.25) is 0 Å². The number of nitrogens with one attached hydrogen (secondary N) is 1. The number of hydrogen-bond acceptors (Lipinski definition) is 2. The van der Waals surface area contributed by atoms with E-state index in [-0.39, 0.29) is 9.37 Å². The van der Waals surface area contributed by atoms with Gasteiger partial charge in [-0.15, -0.1) is 6.42 Å². The molecule has 86 valence electrons. The van der Waals surface area contributed by atoms with Gasteiger partial charge in [-0.05, 0) is 41.1 Å². The van der Waals surface area contributed by atoms with Gasteiger partial charge in [-0.3, -0.25) is 0 Å². The fourth-order valence-corrected chi connectivity index (χ4v) is 2.40. The van der Waals surface area contributed by atoms with Crippen molar-refractivity contribution in [3.05, 3.63) is 28.5 Å². The third kappa shape index (κ3) is 3.04. The predicted octanol–water partition coefficient (Wildman–Crippen LogP) is 1.89. The van der Waals surface area contributed by atoms with Crippen molar-refractivity contribution in [1.29, 1.82) is 0 Å². The van der Waals surface area contributed by atoms with Gasteiger partial charge in [0.15, 0.2) is 0 Å². The van der Waals surface area contributed by atoms with E-state index in [0.29, 0.717) is 0 Å². The van der Waals surface area contributed by atoms with Gasteiger partial charge in [-0.25, -0.2) is 12.8 Å². The molecule has 3 nitrogen and oxygen atoms in total. The molecular weight excluding hydrogens is 297 g/mol. The topological polar surface area (TPSA) is 46.2 Å². The summed E-state index contributed by atoms with van der Waals surface area (Å²) in [5.41, 5.74) is 0. The lowest BCUT2D eigenvalue weighted by Gasteiger charge is -2.09. The second-order valence-electron chi connectivity index (χ2n) is 3.09. The van der Waals surface area contributed by atoms with Crippen LogP contribution in [-0.4, -0.2) is 14.5 Å². The van der Waals surface area contributed by atoms with Gasteiger partial charge in [0.25, 0.3) is 0 Å². The fourth-order valence-electron chi connectivity index (χ4n) is 0.979.